The summed E-state index contributed by atoms with van der Waals surface area (Å²) in [5.74, 6) is 0.269. The number of benzene rings is 1. The molecule has 0 unspecified atom stereocenters. The minimum absolute atomic E-state index is 0.269. The highest BCUT2D eigenvalue weighted by molar-refractivity contribution is 7.89. The lowest BCUT2D eigenvalue weighted by Crippen LogP contribution is -2.41. The van der Waals surface area contributed by atoms with Gasteiger partial charge >= 0.3 is 0 Å². The number of aryl methyl sites for hydroxylation is 2. The van der Waals surface area contributed by atoms with E-state index in [-0.39, 0.29) is 5.92 Å². The summed E-state index contributed by atoms with van der Waals surface area (Å²) in [5, 5.41) is 4.12. The predicted octanol–water partition coefficient (Wildman–Crippen LogP) is 2.00. The van der Waals surface area contributed by atoms with Gasteiger partial charge in [-0.1, -0.05) is 17.7 Å². The molecule has 0 bridgehead atoms. The van der Waals surface area contributed by atoms with E-state index >= 15 is 0 Å². The van der Waals surface area contributed by atoms with Crippen molar-refractivity contribution in [1.82, 2.24) is 19.1 Å². The molecular weight excluding hydrogens is 312 g/mol. The molecule has 1 aromatic heterocycles. The smallest absolute Gasteiger partial charge is 0.243 e. The monoisotopic (exact) mass is 334 g/mol. The lowest BCUT2D eigenvalue weighted by Gasteiger charge is -2.32. The van der Waals surface area contributed by atoms with Crippen LogP contribution in [0.25, 0.3) is 0 Å². The number of rotatable bonds is 4. The maximum atomic E-state index is 13.0. The number of sulfonamides is 1. The van der Waals surface area contributed by atoms with Crippen LogP contribution < -0.4 is 0 Å². The minimum Gasteiger partial charge on any atom is -0.253 e. The molecule has 3 rings (SSSR count). The molecule has 1 saturated heterocycles. The van der Waals surface area contributed by atoms with Gasteiger partial charge in [-0.2, -0.15) is 9.40 Å². The van der Waals surface area contributed by atoms with E-state index in [2.05, 4.69) is 10.1 Å². The van der Waals surface area contributed by atoms with Crippen molar-refractivity contribution >= 4 is 10.0 Å². The molecule has 0 saturated carbocycles. The molecule has 0 N–H and O–H groups in total. The summed E-state index contributed by atoms with van der Waals surface area (Å²) in [6.07, 6.45) is 5.08. The molecule has 1 aliphatic heterocycles. The lowest BCUT2D eigenvalue weighted by atomic mass is 10.00. The van der Waals surface area contributed by atoms with Gasteiger partial charge in [-0.05, 0) is 44.2 Å². The molecule has 0 aliphatic carbocycles. The van der Waals surface area contributed by atoms with Gasteiger partial charge in [0, 0.05) is 19.6 Å². The van der Waals surface area contributed by atoms with E-state index in [1.807, 2.05) is 26.0 Å². The number of aromatic nitrogens is 3. The number of piperidine rings is 1. The second kappa shape index (κ2) is 6.41. The van der Waals surface area contributed by atoms with Gasteiger partial charge < -0.3 is 0 Å². The Bertz CT molecular complexity index is 771. The lowest BCUT2D eigenvalue weighted by molar-refractivity contribution is 0.239. The van der Waals surface area contributed by atoms with E-state index < -0.39 is 10.0 Å². The Hall–Kier alpha value is -1.73. The van der Waals surface area contributed by atoms with Gasteiger partial charge in [-0.3, -0.25) is 4.68 Å². The Kier molecular flexibility index (Phi) is 4.50. The predicted molar refractivity (Wildman–Crippen MR) is 87.4 cm³/mol. The average molecular weight is 334 g/mol. The van der Waals surface area contributed by atoms with Crippen LogP contribution in [0.15, 0.2) is 35.7 Å². The Morgan fingerprint density at radius 3 is 2.83 bits per heavy atom. The molecule has 1 aromatic carbocycles. The molecular formula is C16H22N4O2S. The fourth-order valence-electron chi connectivity index (χ4n) is 3.21. The molecule has 6 nitrogen and oxygen atoms in total. The highest BCUT2D eigenvalue weighted by Crippen LogP contribution is 2.26. The third kappa shape index (κ3) is 3.45. The first kappa shape index (κ1) is 16.1. The summed E-state index contributed by atoms with van der Waals surface area (Å²) in [4.78, 5) is 4.36. The van der Waals surface area contributed by atoms with Crippen LogP contribution in [0, 0.1) is 19.8 Å². The topological polar surface area (TPSA) is 68.1 Å². The normalized spacial score (nSPS) is 19.8. The van der Waals surface area contributed by atoms with Crippen LogP contribution in [0.4, 0.5) is 0 Å². The van der Waals surface area contributed by atoms with E-state index in [0.29, 0.717) is 24.5 Å². The van der Waals surface area contributed by atoms with Crippen LogP contribution in [0.5, 0.6) is 0 Å². The SMILES string of the molecule is Cc1ccc(S(=O)(=O)N2CCC[C@@H](Cn3cncn3)C2)c(C)c1. The van der Waals surface area contributed by atoms with Gasteiger partial charge in [0.15, 0.2) is 0 Å². The minimum atomic E-state index is -3.43. The molecule has 1 aliphatic rings. The molecule has 124 valence electrons. The summed E-state index contributed by atoms with van der Waals surface area (Å²) in [6, 6.07) is 5.50. The highest BCUT2D eigenvalue weighted by Gasteiger charge is 2.31. The van der Waals surface area contributed by atoms with Crippen molar-refractivity contribution in [3.63, 3.8) is 0 Å². The van der Waals surface area contributed by atoms with Crippen LogP contribution in [-0.2, 0) is 16.6 Å². The first-order valence-corrected chi connectivity index (χ1v) is 9.30. The van der Waals surface area contributed by atoms with Crippen molar-refractivity contribution in [3.8, 4) is 0 Å². The van der Waals surface area contributed by atoms with Crippen molar-refractivity contribution < 1.29 is 8.42 Å². The number of hydrogen-bond donors (Lipinski definition) is 0. The molecule has 23 heavy (non-hydrogen) atoms. The van der Waals surface area contributed by atoms with Crippen LogP contribution in [0.1, 0.15) is 24.0 Å². The van der Waals surface area contributed by atoms with E-state index in [0.717, 1.165) is 24.0 Å². The van der Waals surface area contributed by atoms with E-state index in [1.165, 1.54) is 6.33 Å². The third-order valence-electron chi connectivity index (χ3n) is 4.34. The second-order valence-electron chi connectivity index (χ2n) is 6.26. The van der Waals surface area contributed by atoms with Crippen LogP contribution in [-0.4, -0.2) is 40.6 Å². The number of hydrogen-bond acceptors (Lipinski definition) is 4. The quantitative estimate of drug-likeness (QED) is 0.857. The number of nitrogens with zero attached hydrogens (tertiary/aromatic N) is 4. The Morgan fingerprint density at radius 1 is 1.30 bits per heavy atom. The molecule has 0 spiro atoms. The van der Waals surface area contributed by atoms with Crippen LogP contribution in [0.3, 0.4) is 0 Å². The van der Waals surface area contributed by atoms with Crippen LogP contribution >= 0.6 is 0 Å². The Balaban J connectivity index is 1.79. The molecule has 2 aromatic rings. The summed E-state index contributed by atoms with van der Waals surface area (Å²) in [5.41, 5.74) is 1.88. The van der Waals surface area contributed by atoms with E-state index in [4.69, 9.17) is 0 Å². The van der Waals surface area contributed by atoms with Crippen molar-refractivity contribution in [2.24, 2.45) is 5.92 Å². The summed E-state index contributed by atoms with van der Waals surface area (Å²) < 4.78 is 29.3. The van der Waals surface area contributed by atoms with Crippen molar-refractivity contribution in [1.29, 1.82) is 0 Å². The summed E-state index contributed by atoms with van der Waals surface area (Å²) >= 11 is 0. The van der Waals surface area contributed by atoms with E-state index in [9.17, 15) is 8.42 Å². The first-order chi connectivity index (χ1) is 11.0. The van der Waals surface area contributed by atoms with Gasteiger partial charge in [-0.25, -0.2) is 13.4 Å². The fraction of sp³-hybridized carbons (Fsp3) is 0.500. The standard InChI is InChI=1S/C16H22N4O2S/c1-13-5-6-16(14(2)8-13)23(21,22)20-7-3-4-15(10-20)9-19-12-17-11-18-19/h5-6,8,11-12,15H,3-4,7,9-10H2,1-2H3/t15-/m0/s1. The zero-order valence-electron chi connectivity index (χ0n) is 13.5. The molecule has 0 radical (unpaired) electrons. The zero-order chi connectivity index (χ0) is 16.4. The van der Waals surface area contributed by atoms with Crippen molar-refractivity contribution in [2.75, 3.05) is 13.1 Å². The Morgan fingerprint density at radius 2 is 2.13 bits per heavy atom. The van der Waals surface area contributed by atoms with Gasteiger partial charge in [0.1, 0.15) is 12.7 Å². The first-order valence-electron chi connectivity index (χ1n) is 7.86. The van der Waals surface area contributed by atoms with Gasteiger partial charge in [0.2, 0.25) is 10.0 Å². The van der Waals surface area contributed by atoms with Gasteiger partial charge in [-0.15, -0.1) is 0 Å². The molecule has 2 heterocycles. The van der Waals surface area contributed by atoms with E-state index in [1.54, 1.807) is 21.4 Å². The molecule has 1 atom stereocenters. The zero-order valence-corrected chi connectivity index (χ0v) is 14.3. The van der Waals surface area contributed by atoms with Gasteiger partial charge in [0.05, 0.1) is 4.90 Å². The highest BCUT2D eigenvalue weighted by atomic mass is 32.2. The Labute approximate surface area is 137 Å². The summed E-state index contributed by atoms with van der Waals surface area (Å²) in [6.45, 7) is 5.66. The second-order valence-corrected chi connectivity index (χ2v) is 8.16. The maximum absolute atomic E-state index is 13.0. The largest absolute Gasteiger partial charge is 0.253 e. The average Bonchev–Trinajstić information content (AvgIpc) is 3.00. The fourth-order valence-corrected chi connectivity index (χ4v) is 4.97. The van der Waals surface area contributed by atoms with Crippen molar-refractivity contribution in [3.05, 3.63) is 42.0 Å². The third-order valence-corrected chi connectivity index (χ3v) is 6.37. The van der Waals surface area contributed by atoms with Crippen molar-refractivity contribution in [2.45, 2.75) is 38.1 Å². The molecule has 1 fully saturated rings. The van der Waals surface area contributed by atoms with Crippen LogP contribution in [0.2, 0.25) is 0 Å². The molecule has 0 amide bonds. The maximum Gasteiger partial charge on any atom is 0.243 e. The molecule has 7 heteroatoms. The summed E-state index contributed by atoms with van der Waals surface area (Å²) in [7, 11) is -3.43. The van der Waals surface area contributed by atoms with Gasteiger partial charge in [0.25, 0.3) is 0 Å².